The number of likely N-dealkylation sites (N-methyl/N-ethyl adjacent to an activating group) is 1. The molecular formula is C11H19NO3. The Balaban J connectivity index is 2.78. The van der Waals surface area contributed by atoms with Crippen molar-refractivity contribution in [2.24, 2.45) is 11.8 Å². The van der Waals surface area contributed by atoms with Crippen molar-refractivity contribution in [3.05, 3.63) is 0 Å². The molecule has 4 heteroatoms. The molecule has 0 bridgehead atoms. The topological polar surface area (TPSA) is 57.6 Å². The molecule has 0 saturated heterocycles. The van der Waals surface area contributed by atoms with E-state index in [-0.39, 0.29) is 5.91 Å². The molecule has 1 amide bonds. The number of rotatable bonds is 3. The van der Waals surface area contributed by atoms with Gasteiger partial charge in [-0.2, -0.15) is 0 Å². The molecule has 4 nitrogen and oxygen atoms in total. The van der Waals surface area contributed by atoms with Gasteiger partial charge in [-0.15, -0.1) is 0 Å². The lowest BCUT2D eigenvalue weighted by molar-refractivity contribution is -0.169. The minimum atomic E-state index is -0.944. The van der Waals surface area contributed by atoms with Crippen molar-refractivity contribution in [1.29, 1.82) is 0 Å². The molecular weight excluding hydrogens is 194 g/mol. The zero-order valence-corrected chi connectivity index (χ0v) is 9.78. The summed E-state index contributed by atoms with van der Waals surface area (Å²) in [5.74, 6) is -0.155. The van der Waals surface area contributed by atoms with Gasteiger partial charge in [-0.1, -0.05) is 13.8 Å². The van der Waals surface area contributed by atoms with Crippen molar-refractivity contribution in [2.75, 3.05) is 7.05 Å². The lowest BCUT2D eigenvalue weighted by atomic mass is 9.63. The molecule has 1 saturated carbocycles. The summed E-state index contributed by atoms with van der Waals surface area (Å²) in [6, 6.07) is 0. The van der Waals surface area contributed by atoms with Crippen LogP contribution in [-0.2, 0) is 9.59 Å². The van der Waals surface area contributed by atoms with E-state index >= 15 is 0 Å². The molecule has 0 aromatic heterocycles. The molecule has 1 N–H and O–H groups in total. The van der Waals surface area contributed by atoms with Crippen molar-refractivity contribution in [2.45, 2.75) is 39.2 Å². The molecule has 0 radical (unpaired) electrons. The Kier molecular flexibility index (Phi) is 3.07. The molecule has 0 aromatic carbocycles. The predicted molar refractivity (Wildman–Crippen MR) is 56.4 cm³/mol. The summed E-state index contributed by atoms with van der Waals surface area (Å²) in [6.07, 6.45) is 1.16. The van der Waals surface area contributed by atoms with Crippen molar-refractivity contribution in [3.8, 4) is 0 Å². The molecule has 15 heavy (non-hydrogen) atoms. The van der Waals surface area contributed by atoms with E-state index in [4.69, 9.17) is 0 Å². The fraction of sp³-hybridized carbons (Fsp3) is 0.818. The number of carboxylic acid groups (broad SMARTS) is 1. The lowest BCUT2D eigenvalue weighted by Crippen LogP contribution is -2.63. The quantitative estimate of drug-likeness (QED) is 0.770. The number of carbonyl (C=O) groups excluding carboxylic acids is 1. The molecule has 1 fully saturated rings. The van der Waals surface area contributed by atoms with Crippen LogP contribution in [0.1, 0.15) is 33.6 Å². The van der Waals surface area contributed by atoms with E-state index in [1.165, 1.54) is 11.8 Å². The number of hydrogen-bond acceptors (Lipinski definition) is 2. The number of amides is 1. The number of carboxylic acids is 1. The number of nitrogens with zero attached hydrogens (tertiary/aromatic N) is 1. The highest BCUT2D eigenvalue weighted by molar-refractivity contribution is 5.87. The van der Waals surface area contributed by atoms with E-state index in [1.54, 1.807) is 7.05 Å². The Bertz CT molecular complexity index is 280. The van der Waals surface area contributed by atoms with Crippen LogP contribution >= 0.6 is 0 Å². The molecule has 86 valence electrons. The average molecular weight is 213 g/mol. The fourth-order valence-corrected chi connectivity index (χ4v) is 2.17. The summed E-state index contributed by atoms with van der Waals surface area (Å²) < 4.78 is 0. The maximum Gasteiger partial charge on any atom is 0.329 e. The van der Waals surface area contributed by atoms with E-state index in [1.807, 2.05) is 0 Å². The Hall–Kier alpha value is -1.06. The van der Waals surface area contributed by atoms with E-state index < -0.39 is 11.5 Å². The highest BCUT2D eigenvalue weighted by atomic mass is 16.4. The molecule has 1 aliphatic carbocycles. The first-order valence-corrected chi connectivity index (χ1v) is 5.29. The lowest BCUT2D eigenvalue weighted by Gasteiger charge is -2.51. The number of carbonyl (C=O) groups is 2. The SMILES string of the molecule is CC(=O)N(C)C1(C(=O)O)CC(C(C)C)C1. The van der Waals surface area contributed by atoms with Crippen molar-refractivity contribution in [3.63, 3.8) is 0 Å². The summed E-state index contributed by atoms with van der Waals surface area (Å²) in [4.78, 5) is 23.8. The van der Waals surface area contributed by atoms with Crippen molar-refractivity contribution >= 4 is 11.9 Å². The third-order valence-electron chi connectivity index (χ3n) is 3.66. The molecule has 0 spiro atoms. The fourth-order valence-electron chi connectivity index (χ4n) is 2.17. The first kappa shape index (κ1) is 12.0. The van der Waals surface area contributed by atoms with Gasteiger partial charge in [-0.05, 0) is 24.7 Å². The maximum absolute atomic E-state index is 11.2. The first-order chi connectivity index (χ1) is 6.81. The predicted octanol–water partition coefficient (Wildman–Crippen LogP) is 1.35. The summed E-state index contributed by atoms with van der Waals surface area (Å²) in [5.41, 5.74) is -0.944. The van der Waals surface area contributed by atoms with Gasteiger partial charge in [0.15, 0.2) is 0 Å². The highest BCUT2D eigenvalue weighted by Gasteiger charge is 2.54. The van der Waals surface area contributed by atoms with Gasteiger partial charge in [-0.3, -0.25) is 4.79 Å². The molecule has 0 heterocycles. The minimum absolute atomic E-state index is 0.181. The maximum atomic E-state index is 11.2. The van der Waals surface area contributed by atoms with Crippen LogP contribution < -0.4 is 0 Å². The highest BCUT2D eigenvalue weighted by Crippen LogP contribution is 2.45. The van der Waals surface area contributed by atoms with Crippen LogP contribution in [0.2, 0.25) is 0 Å². The van der Waals surface area contributed by atoms with Gasteiger partial charge in [-0.25, -0.2) is 4.79 Å². The Labute approximate surface area is 90.3 Å². The standard InChI is InChI=1S/C11H19NO3/c1-7(2)9-5-11(6-9,10(14)15)12(4)8(3)13/h7,9H,5-6H2,1-4H3,(H,14,15). The summed E-state index contributed by atoms with van der Waals surface area (Å²) >= 11 is 0. The molecule has 0 atom stereocenters. The van der Waals surface area contributed by atoms with E-state index in [9.17, 15) is 14.7 Å². The Morgan fingerprint density at radius 1 is 1.40 bits per heavy atom. The molecule has 0 unspecified atom stereocenters. The normalized spacial score (nSPS) is 29.8. The minimum Gasteiger partial charge on any atom is -0.479 e. The van der Waals surface area contributed by atoms with Crippen LogP contribution in [0.5, 0.6) is 0 Å². The van der Waals surface area contributed by atoms with Gasteiger partial charge in [0, 0.05) is 14.0 Å². The van der Waals surface area contributed by atoms with E-state index in [2.05, 4.69) is 13.8 Å². The van der Waals surface area contributed by atoms with E-state index in [0.29, 0.717) is 24.7 Å². The Morgan fingerprint density at radius 2 is 1.87 bits per heavy atom. The van der Waals surface area contributed by atoms with Gasteiger partial charge in [0.2, 0.25) is 5.91 Å². The van der Waals surface area contributed by atoms with Crippen LogP contribution in [0.4, 0.5) is 0 Å². The van der Waals surface area contributed by atoms with E-state index in [0.717, 1.165) is 0 Å². The van der Waals surface area contributed by atoms with Gasteiger partial charge in [0.1, 0.15) is 5.54 Å². The molecule has 1 aliphatic rings. The van der Waals surface area contributed by atoms with Crippen LogP contribution in [0.25, 0.3) is 0 Å². The van der Waals surface area contributed by atoms with Gasteiger partial charge < -0.3 is 10.0 Å². The first-order valence-electron chi connectivity index (χ1n) is 5.29. The van der Waals surface area contributed by atoms with Gasteiger partial charge >= 0.3 is 5.97 Å². The smallest absolute Gasteiger partial charge is 0.329 e. The average Bonchev–Trinajstić information content (AvgIpc) is 2.00. The largest absolute Gasteiger partial charge is 0.479 e. The third-order valence-corrected chi connectivity index (χ3v) is 3.66. The van der Waals surface area contributed by atoms with Crippen LogP contribution in [0.15, 0.2) is 0 Å². The second-order valence-electron chi connectivity index (χ2n) is 4.83. The van der Waals surface area contributed by atoms with Crippen LogP contribution in [-0.4, -0.2) is 34.5 Å². The second-order valence-corrected chi connectivity index (χ2v) is 4.83. The molecule has 0 aliphatic heterocycles. The van der Waals surface area contributed by atoms with Gasteiger partial charge in [0.25, 0.3) is 0 Å². The van der Waals surface area contributed by atoms with Crippen molar-refractivity contribution in [1.82, 2.24) is 4.90 Å². The molecule has 1 rings (SSSR count). The monoisotopic (exact) mass is 213 g/mol. The number of hydrogen-bond donors (Lipinski definition) is 1. The summed E-state index contributed by atoms with van der Waals surface area (Å²) in [5, 5.41) is 9.21. The summed E-state index contributed by atoms with van der Waals surface area (Å²) in [7, 11) is 1.58. The van der Waals surface area contributed by atoms with Crippen LogP contribution in [0, 0.1) is 11.8 Å². The van der Waals surface area contributed by atoms with Crippen LogP contribution in [0.3, 0.4) is 0 Å². The summed E-state index contributed by atoms with van der Waals surface area (Å²) in [6.45, 7) is 5.59. The Morgan fingerprint density at radius 3 is 2.13 bits per heavy atom. The number of aliphatic carboxylic acids is 1. The zero-order valence-electron chi connectivity index (χ0n) is 9.78. The van der Waals surface area contributed by atoms with Crippen molar-refractivity contribution < 1.29 is 14.7 Å². The third kappa shape index (κ3) is 1.85. The van der Waals surface area contributed by atoms with Gasteiger partial charge in [0.05, 0.1) is 0 Å². The second kappa shape index (κ2) is 3.83. The molecule has 0 aromatic rings. The zero-order chi connectivity index (χ0) is 11.8.